The Morgan fingerprint density at radius 2 is 1.72 bits per heavy atom. The molecule has 0 bridgehead atoms. The second-order valence-electron chi connectivity index (χ2n) is 8.09. The molecule has 0 fully saturated rings. The topological polar surface area (TPSA) is 58.6 Å². The van der Waals surface area contributed by atoms with Gasteiger partial charge in [-0.2, -0.15) is 0 Å². The highest BCUT2D eigenvalue weighted by atomic mass is 16.6. The molecule has 5 heteroatoms. The first kappa shape index (κ1) is 21.7. The molecule has 1 aliphatic heterocycles. The normalized spacial score (nSPS) is 18.2. The van der Waals surface area contributed by atoms with Crippen LogP contribution in [0, 0.1) is 11.8 Å². The van der Waals surface area contributed by atoms with Crippen molar-refractivity contribution >= 4 is 17.7 Å². The van der Waals surface area contributed by atoms with Crippen LogP contribution in [0.5, 0.6) is 0 Å². The number of ether oxygens (including phenoxy) is 1. The fraction of sp³-hybridized carbons (Fsp3) is 0.333. The van der Waals surface area contributed by atoms with Crippen molar-refractivity contribution in [2.24, 2.45) is 0 Å². The second-order valence-corrected chi connectivity index (χ2v) is 8.09. The fourth-order valence-electron chi connectivity index (χ4n) is 4.05. The smallest absolute Gasteiger partial charge is 0.407 e. The predicted molar refractivity (Wildman–Crippen MR) is 125 cm³/mol. The third kappa shape index (κ3) is 5.59. The zero-order chi connectivity index (χ0) is 22.2. The van der Waals surface area contributed by atoms with Crippen molar-refractivity contribution in [3.63, 3.8) is 0 Å². The zero-order valence-corrected chi connectivity index (χ0v) is 18.2. The molecule has 1 unspecified atom stereocenters. The Labute approximate surface area is 189 Å². The van der Waals surface area contributed by atoms with Gasteiger partial charge in [-0.1, -0.05) is 54.3 Å². The minimum atomic E-state index is -0.448. The van der Waals surface area contributed by atoms with Crippen LogP contribution in [0.1, 0.15) is 55.2 Å². The van der Waals surface area contributed by atoms with Crippen molar-refractivity contribution in [2.45, 2.75) is 51.2 Å². The van der Waals surface area contributed by atoms with Crippen LogP contribution in [0.2, 0.25) is 0 Å². The molecule has 0 radical (unpaired) electrons. The van der Waals surface area contributed by atoms with Crippen molar-refractivity contribution in [3.05, 3.63) is 77.4 Å². The number of anilines is 1. The van der Waals surface area contributed by atoms with Gasteiger partial charge in [-0.3, -0.25) is 4.79 Å². The fourth-order valence-corrected chi connectivity index (χ4v) is 4.05. The lowest BCUT2D eigenvalue weighted by molar-refractivity contribution is -0.118. The molecule has 164 valence electrons. The van der Waals surface area contributed by atoms with Gasteiger partial charge in [-0.15, -0.1) is 0 Å². The van der Waals surface area contributed by atoms with E-state index >= 15 is 0 Å². The molecule has 2 amide bonds. The lowest BCUT2D eigenvalue weighted by atomic mass is 10.0. The molecule has 0 aromatic heterocycles. The van der Waals surface area contributed by atoms with Crippen molar-refractivity contribution in [1.29, 1.82) is 0 Å². The summed E-state index contributed by atoms with van der Waals surface area (Å²) in [7, 11) is 0. The van der Waals surface area contributed by atoms with Crippen LogP contribution < -0.4 is 10.2 Å². The van der Waals surface area contributed by atoms with Gasteiger partial charge in [0.15, 0.2) is 0 Å². The molecule has 2 aromatic carbocycles. The van der Waals surface area contributed by atoms with E-state index in [0.717, 1.165) is 54.5 Å². The van der Waals surface area contributed by atoms with Crippen molar-refractivity contribution < 1.29 is 14.3 Å². The lowest BCUT2D eigenvalue weighted by Crippen LogP contribution is -2.36. The number of nitrogens with zero attached hydrogens (tertiary/aromatic N) is 1. The summed E-state index contributed by atoms with van der Waals surface area (Å²) in [6, 6.07) is 15.6. The number of amides is 2. The van der Waals surface area contributed by atoms with Gasteiger partial charge >= 0.3 is 6.09 Å². The van der Waals surface area contributed by atoms with E-state index in [0.29, 0.717) is 6.54 Å². The number of rotatable bonds is 4. The van der Waals surface area contributed by atoms with Crippen LogP contribution in [0.25, 0.3) is 0 Å². The number of carbonyl (C=O) groups excluding carboxylic acids is 2. The Hall–Kier alpha value is -3.52. The maximum atomic E-state index is 13.2. The number of hydrogen-bond donors (Lipinski definition) is 1. The van der Waals surface area contributed by atoms with E-state index in [1.165, 1.54) is 0 Å². The summed E-state index contributed by atoms with van der Waals surface area (Å²) in [6.07, 6.45) is 8.71. The van der Waals surface area contributed by atoms with Gasteiger partial charge < -0.3 is 15.0 Å². The Balaban J connectivity index is 1.38. The largest absolute Gasteiger partial charge is 0.446 e. The molecule has 1 heterocycles. The summed E-state index contributed by atoms with van der Waals surface area (Å²) in [5, 5.41) is 2.75. The quantitative estimate of drug-likeness (QED) is 0.554. The monoisotopic (exact) mass is 428 g/mol. The average molecular weight is 429 g/mol. The Morgan fingerprint density at radius 1 is 0.969 bits per heavy atom. The highest BCUT2D eigenvalue weighted by Crippen LogP contribution is 2.25. The molecule has 1 atom stereocenters. The predicted octanol–water partition coefficient (Wildman–Crippen LogP) is 4.94. The molecule has 32 heavy (non-hydrogen) atoms. The summed E-state index contributed by atoms with van der Waals surface area (Å²) in [4.78, 5) is 27.2. The molecule has 4 rings (SSSR count). The zero-order valence-electron chi connectivity index (χ0n) is 18.2. The molecule has 0 saturated heterocycles. The van der Waals surface area contributed by atoms with E-state index in [4.69, 9.17) is 4.74 Å². The Bertz CT molecular complexity index is 1060. The van der Waals surface area contributed by atoms with Crippen LogP contribution in [-0.2, 0) is 16.1 Å². The van der Waals surface area contributed by atoms with Gasteiger partial charge in [-0.05, 0) is 55.9 Å². The summed E-state index contributed by atoms with van der Waals surface area (Å²) in [5.41, 5.74) is 3.55. The number of carbonyl (C=O) groups is 2. The van der Waals surface area contributed by atoms with Gasteiger partial charge in [0.1, 0.15) is 6.10 Å². The van der Waals surface area contributed by atoms with E-state index in [2.05, 4.69) is 29.3 Å². The maximum absolute atomic E-state index is 13.2. The number of para-hydroxylation sites is 1. The third-order valence-electron chi connectivity index (χ3n) is 5.77. The van der Waals surface area contributed by atoms with Gasteiger partial charge in [0, 0.05) is 24.1 Å². The van der Waals surface area contributed by atoms with Crippen LogP contribution in [0.4, 0.5) is 10.5 Å². The van der Waals surface area contributed by atoms with Crippen molar-refractivity contribution in [1.82, 2.24) is 5.32 Å². The van der Waals surface area contributed by atoms with E-state index in [-0.39, 0.29) is 25.0 Å². The molecule has 1 N–H and O–H groups in total. The van der Waals surface area contributed by atoms with Gasteiger partial charge in [0.25, 0.3) is 0 Å². The first-order valence-corrected chi connectivity index (χ1v) is 11.3. The highest BCUT2D eigenvalue weighted by Gasteiger charge is 2.21. The minimum absolute atomic E-state index is 0.0626. The van der Waals surface area contributed by atoms with Gasteiger partial charge in [0.05, 0.1) is 12.2 Å². The second kappa shape index (κ2) is 10.7. The van der Waals surface area contributed by atoms with Crippen LogP contribution in [0.3, 0.4) is 0 Å². The maximum Gasteiger partial charge on any atom is 0.407 e. The van der Waals surface area contributed by atoms with Crippen molar-refractivity contribution in [2.75, 3.05) is 11.4 Å². The first-order valence-electron chi connectivity index (χ1n) is 11.3. The molecule has 2 aliphatic rings. The molecule has 0 saturated carbocycles. The van der Waals surface area contributed by atoms with Gasteiger partial charge in [0.2, 0.25) is 5.91 Å². The van der Waals surface area contributed by atoms with Crippen LogP contribution in [-0.4, -0.2) is 24.6 Å². The molecule has 5 nitrogen and oxygen atoms in total. The standard InChI is InChI=1S/C27H28N2O3/c30-26(18-19-28-27(31)32-24-13-4-2-1-3-5-14-24)29-20-23-12-7-6-10-21(23)16-17-22-11-8-9-15-25(22)29/h1-2,6-12,15,24H,3-5,13-14,18-20H2,(H,28,31)/b2-1-. The summed E-state index contributed by atoms with van der Waals surface area (Å²) >= 11 is 0. The van der Waals surface area contributed by atoms with E-state index in [9.17, 15) is 9.59 Å². The molecule has 2 aromatic rings. The number of allylic oxidation sites excluding steroid dienone is 2. The Kier molecular flexibility index (Phi) is 7.24. The number of benzene rings is 2. The average Bonchev–Trinajstić information content (AvgIpc) is 2.77. The molecule has 1 aliphatic carbocycles. The number of hydrogen-bond acceptors (Lipinski definition) is 3. The third-order valence-corrected chi connectivity index (χ3v) is 5.77. The van der Waals surface area contributed by atoms with Gasteiger partial charge in [-0.25, -0.2) is 4.79 Å². The summed E-state index contributed by atoms with van der Waals surface area (Å²) in [6.45, 7) is 0.678. The number of alkyl carbamates (subject to hydrolysis) is 1. The minimum Gasteiger partial charge on any atom is -0.446 e. The summed E-state index contributed by atoms with van der Waals surface area (Å²) < 4.78 is 5.57. The number of fused-ring (bicyclic) bond motifs is 2. The molecular weight excluding hydrogens is 400 g/mol. The summed E-state index contributed by atoms with van der Waals surface area (Å²) in [5.74, 6) is 6.35. The lowest BCUT2D eigenvalue weighted by Gasteiger charge is -2.26. The first-order chi connectivity index (χ1) is 15.7. The van der Waals surface area contributed by atoms with Crippen LogP contribution in [0.15, 0.2) is 60.7 Å². The number of nitrogens with one attached hydrogen (secondary N) is 1. The van der Waals surface area contributed by atoms with Crippen molar-refractivity contribution in [3.8, 4) is 11.8 Å². The van der Waals surface area contributed by atoms with E-state index < -0.39 is 6.09 Å². The van der Waals surface area contributed by atoms with E-state index in [1.54, 1.807) is 4.90 Å². The van der Waals surface area contributed by atoms with E-state index in [1.807, 2.05) is 48.5 Å². The van der Waals surface area contributed by atoms with Crippen LogP contribution >= 0.6 is 0 Å². The molecular formula is C27H28N2O3. The molecule has 0 spiro atoms. The highest BCUT2D eigenvalue weighted by molar-refractivity contribution is 5.95. The SMILES string of the molecule is O=C(NCCC(=O)N1Cc2ccccc2C#Cc2ccccc21)OC1CC/C=C\CCC1. The Morgan fingerprint density at radius 3 is 2.62 bits per heavy atom.